The molecule has 0 aromatic heterocycles. The highest BCUT2D eigenvalue weighted by atomic mass is 16.6. The number of amides is 3. The van der Waals surface area contributed by atoms with Crippen LogP contribution in [0, 0.1) is 0 Å². The third kappa shape index (κ3) is 10.2. The van der Waals surface area contributed by atoms with Crippen LogP contribution in [0.4, 0.5) is 10.5 Å². The minimum atomic E-state index is -0.758. The first kappa shape index (κ1) is 22.4. The average molecular weight is 379 g/mol. The quantitative estimate of drug-likeness (QED) is 0.299. The predicted molar refractivity (Wildman–Crippen MR) is 101 cm³/mol. The van der Waals surface area contributed by atoms with Gasteiger partial charge in [0.15, 0.2) is 0 Å². The molecule has 0 aliphatic carbocycles. The molecule has 0 aliphatic rings. The summed E-state index contributed by atoms with van der Waals surface area (Å²) in [6, 6.07) is 8.21. The van der Waals surface area contributed by atoms with E-state index in [0.717, 1.165) is 0 Å². The van der Waals surface area contributed by atoms with Gasteiger partial charge in [0.2, 0.25) is 11.8 Å². The van der Waals surface area contributed by atoms with Crippen LogP contribution in [0.25, 0.3) is 0 Å². The fourth-order valence-electron chi connectivity index (χ4n) is 2.34. The number of alkyl carbamates (subject to hydrolysis) is 1. The molecule has 0 bridgehead atoms. The van der Waals surface area contributed by atoms with Crippen molar-refractivity contribution in [1.82, 2.24) is 10.8 Å². The summed E-state index contributed by atoms with van der Waals surface area (Å²) >= 11 is 0. The molecule has 0 unspecified atom stereocenters. The summed E-state index contributed by atoms with van der Waals surface area (Å²) in [5.74, 6) is -0.777. The largest absolute Gasteiger partial charge is 0.444 e. The zero-order valence-corrected chi connectivity index (χ0v) is 16.1. The second kappa shape index (κ2) is 11.2. The molecule has 0 saturated heterocycles. The topological polar surface area (TPSA) is 117 Å². The third-order valence-electron chi connectivity index (χ3n) is 3.57. The minimum Gasteiger partial charge on any atom is -0.444 e. The van der Waals surface area contributed by atoms with E-state index >= 15 is 0 Å². The molecule has 1 rings (SSSR count). The lowest BCUT2D eigenvalue weighted by Crippen LogP contribution is -2.45. The molecule has 0 fully saturated rings. The molecule has 0 heterocycles. The third-order valence-corrected chi connectivity index (χ3v) is 3.57. The van der Waals surface area contributed by atoms with E-state index in [-0.39, 0.29) is 12.3 Å². The van der Waals surface area contributed by atoms with Crippen molar-refractivity contribution in [3.63, 3.8) is 0 Å². The number of carbonyl (C=O) groups excluding carboxylic acids is 3. The average Bonchev–Trinajstić information content (AvgIpc) is 2.59. The number of carbonyl (C=O) groups is 3. The van der Waals surface area contributed by atoms with Crippen LogP contribution in [-0.4, -0.2) is 34.8 Å². The molecule has 0 aliphatic heterocycles. The second-order valence-corrected chi connectivity index (χ2v) is 7.19. The zero-order chi connectivity index (χ0) is 20.3. The standard InChI is InChI=1S/C19H29N3O5/c1-19(2,3)27-18(25)21-15(12-8-5-9-13-16(23)22-26)17(24)20-14-10-6-4-7-11-14/h4,6-7,10-11,15,26H,5,8-9,12-13H2,1-3H3,(H,20,24)(H,21,25)(H,22,23)/t15-/m0/s1. The van der Waals surface area contributed by atoms with E-state index in [1.807, 2.05) is 6.07 Å². The van der Waals surface area contributed by atoms with Gasteiger partial charge in [0, 0.05) is 12.1 Å². The number of hydrogen-bond acceptors (Lipinski definition) is 5. The van der Waals surface area contributed by atoms with E-state index in [9.17, 15) is 14.4 Å². The van der Waals surface area contributed by atoms with Crippen molar-refractivity contribution in [2.45, 2.75) is 64.5 Å². The molecule has 4 N–H and O–H groups in total. The first-order chi connectivity index (χ1) is 12.7. The summed E-state index contributed by atoms with van der Waals surface area (Å²) in [7, 11) is 0. The Kier molecular flexibility index (Phi) is 9.29. The molecule has 0 saturated carbocycles. The number of hydrogen-bond donors (Lipinski definition) is 4. The lowest BCUT2D eigenvalue weighted by molar-refractivity contribution is -0.129. The van der Waals surface area contributed by atoms with E-state index in [2.05, 4.69) is 10.6 Å². The van der Waals surface area contributed by atoms with Crippen LogP contribution in [0.1, 0.15) is 52.9 Å². The Morgan fingerprint density at radius 3 is 2.33 bits per heavy atom. The summed E-state index contributed by atoms with van der Waals surface area (Å²) < 4.78 is 5.23. The molecule has 1 aromatic rings. The van der Waals surface area contributed by atoms with Gasteiger partial charge in [0.25, 0.3) is 0 Å². The van der Waals surface area contributed by atoms with Gasteiger partial charge in [-0.05, 0) is 45.7 Å². The van der Waals surface area contributed by atoms with Crippen LogP contribution in [-0.2, 0) is 14.3 Å². The lowest BCUT2D eigenvalue weighted by atomic mass is 10.1. The van der Waals surface area contributed by atoms with Gasteiger partial charge in [-0.3, -0.25) is 14.8 Å². The SMILES string of the molecule is CC(C)(C)OC(=O)N[C@@H](CCCCCC(=O)NO)C(=O)Nc1ccccc1. The summed E-state index contributed by atoms with van der Waals surface area (Å²) in [6.45, 7) is 5.24. The molecule has 8 heteroatoms. The molecular weight excluding hydrogens is 350 g/mol. The van der Waals surface area contributed by atoms with Crippen molar-refractivity contribution in [2.24, 2.45) is 0 Å². The van der Waals surface area contributed by atoms with Crippen LogP contribution in [0.3, 0.4) is 0 Å². The Morgan fingerprint density at radius 2 is 1.74 bits per heavy atom. The van der Waals surface area contributed by atoms with E-state index < -0.39 is 23.6 Å². The number of hydroxylamine groups is 1. The summed E-state index contributed by atoms with van der Waals surface area (Å²) in [6.07, 6.45) is 1.83. The van der Waals surface area contributed by atoms with Gasteiger partial charge in [-0.1, -0.05) is 31.0 Å². The van der Waals surface area contributed by atoms with Gasteiger partial charge in [-0.15, -0.1) is 0 Å². The highest BCUT2D eigenvalue weighted by Crippen LogP contribution is 2.12. The van der Waals surface area contributed by atoms with Gasteiger partial charge in [0.1, 0.15) is 11.6 Å². The molecule has 1 atom stereocenters. The first-order valence-corrected chi connectivity index (χ1v) is 8.99. The molecule has 1 aromatic carbocycles. The number of benzene rings is 1. The van der Waals surface area contributed by atoms with E-state index in [1.54, 1.807) is 50.5 Å². The van der Waals surface area contributed by atoms with Crippen LogP contribution < -0.4 is 16.1 Å². The van der Waals surface area contributed by atoms with E-state index in [1.165, 1.54) is 0 Å². The van der Waals surface area contributed by atoms with Crippen molar-refractivity contribution in [1.29, 1.82) is 0 Å². The molecule has 150 valence electrons. The van der Waals surface area contributed by atoms with Crippen molar-refractivity contribution >= 4 is 23.6 Å². The molecular formula is C19H29N3O5. The summed E-state index contributed by atoms with van der Waals surface area (Å²) in [5, 5.41) is 13.9. The van der Waals surface area contributed by atoms with Crippen LogP contribution >= 0.6 is 0 Å². The van der Waals surface area contributed by atoms with E-state index in [4.69, 9.17) is 9.94 Å². The molecule has 0 radical (unpaired) electrons. The molecule has 27 heavy (non-hydrogen) atoms. The zero-order valence-electron chi connectivity index (χ0n) is 16.1. The van der Waals surface area contributed by atoms with E-state index in [0.29, 0.717) is 31.4 Å². The number of anilines is 1. The Morgan fingerprint density at radius 1 is 1.07 bits per heavy atom. The second-order valence-electron chi connectivity index (χ2n) is 7.19. The van der Waals surface area contributed by atoms with Gasteiger partial charge < -0.3 is 15.4 Å². The normalized spacial score (nSPS) is 12.0. The Hall–Kier alpha value is -2.61. The minimum absolute atomic E-state index is 0.205. The predicted octanol–water partition coefficient (Wildman–Crippen LogP) is 2.97. The number of unbranched alkanes of at least 4 members (excludes halogenated alkanes) is 2. The van der Waals surface area contributed by atoms with Crippen molar-refractivity contribution in [3.05, 3.63) is 30.3 Å². The highest BCUT2D eigenvalue weighted by molar-refractivity contribution is 5.96. The fourth-order valence-corrected chi connectivity index (χ4v) is 2.34. The first-order valence-electron chi connectivity index (χ1n) is 8.99. The maximum Gasteiger partial charge on any atom is 0.408 e. The number of nitrogens with one attached hydrogen (secondary N) is 3. The van der Waals surface area contributed by atoms with Gasteiger partial charge >= 0.3 is 6.09 Å². The summed E-state index contributed by atoms with van der Waals surface area (Å²) in [4.78, 5) is 35.6. The number of rotatable bonds is 9. The van der Waals surface area contributed by atoms with Gasteiger partial charge in [-0.2, -0.15) is 0 Å². The fraction of sp³-hybridized carbons (Fsp3) is 0.526. The Labute approximate surface area is 159 Å². The molecule has 8 nitrogen and oxygen atoms in total. The number of ether oxygens (including phenoxy) is 1. The van der Waals surface area contributed by atoms with Crippen molar-refractivity contribution < 1.29 is 24.3 Å². The maximum atomic E-state index is 12.6. The molecule has 0 spiro atoms. The molecule has 3 amide bonds. The summed E-state index contributed by atoms with van der Waals surface area (Å²) in [5.41, 5.74) is 1.55. The van der Waals surface area contributed by atoms with Crippen LogP contribution in [0.15, 0.2) is 30.3 Å². The van der Waals surface area contributed by atoms with Gasteiger partial charge in [0.05, 0.1) is 0 Å². The van der Waals surface area contributed by atoms with Gasteiger partial charge in [-0.25, -0.2) is 10.3 Å². The monoisotopic (exact) mass is 379 g/mol. The van der Waals surface area contributed by atoms with Crippen molar-refractivity contribution in [3.8, 4) is 0 Å². The number of para-hydroxylation sites is 1. The van der Waals surface area contributed by atoms with Crippen molar-refractivity contribution in [2.75, 3.05) is 5.32 Å². The van der Waals surface area contributed by atoms with Crippen LogP contribution in [0.5, 0.6) is 0 Å². The Bertz CT molecular complexity index is 614. The van der Waals surface area contributed by atoms with Crippen LogP contribution in [0.2, 0.25) is 0 Å². The highest BCUT2D eigenvalue weighted by Gasteiger charge is 2.24. The Balaban J connectivity index is 2.60. The lowest BCUT2D eigenvalue weighted by Gasteiger charge is -2.23. The maximum absolute atomic E-state index is 12.6. The smallest absolute Gasteiger partial charge is 0.408 e.